The molecule has 0 spiro atoms. The number of carbonyl (C=O) groups is 1. The van der Waals surface area contributed by atoms with E-state index in [1.165, 1.54) is 0 Å². The lowest BCUT2D eigenvalue weighted by molar-refractivity contribution is -0.0281. The molecule has 6 nitrogen and oxygen atoms in total. The van der Waals surface area contributed by atoms with Crippen LogP contribution in [0.1, 0.15) is 27.8 Å². The average molecular weight is 321 g/mol. The summed E-state index contributed by atoms with van der Waals surface area (Å²) in [5.74, 6) is 0.636. The first-order valence-corrected chi connectivity index (χ1v) is 7.45. The summed E-state index contributed by atoms with van der Waals surface area (Å²) >= 11 is 6.26. The van der Waals surface area contributed by atoms with Gasteiger partial charge >= 0.3 is 0 Å². The van der Waals surface area contributed by atoms with Crippen LogP contribution in [0, 0.1) is 6.92 Å². The van der Waals surface area contributed by atoms with Gasteiger partial charge in [0.25, 0.3) is 5.91 Å². The van der Waals surface area contributed by atoms with Gasteiger partial charge in [-0.3, -0.25) is 4.79 Å². The van der Waals surface area contributed by atoms with Crippen LogP contribution in [0.25, 0.3) is 0 Å². The Hall–Kier alpha value is -1.92. The Kier molecular flexibility index (Phi) is 4.13. The van der Waals surface area contributed by atoms with Crippen LogP contribution < -0.4 is 0 Å². The zero-order valence-electron chi connectivity index (χ0n) is 12.5. The van der Waals surface area contributed by atoms with Crippen molar-refractivity contribution < 1.29 is 9.53 Å². The minimum absolute atomic E-state index is 0.0795. The number of aryl methyl sites for hydroxylation is 2. The van der Waals surface area contributed by atoms with Gasteiger partial charge in [0.15, 0.2) is 5.82 Å². The van der Waals surface area contributed by atoms with Gasteiger partial charge in [-0.05, 0) is 18.6 Å². The van der Waals surface area contributed by atoms with E-state index in [1.54, 1.807) is 21.9 Å². The fraction of sp³-hybridized carbons (Fsp3) is 0.400. The first kappa shape index (κ1) is 15.0. The van der Waals surface area contributed by atoms with Crippen molar-refractivity contribution in [3.05, 3.63) is 46.5 Å². The van der Waals surface area contributed by atoms with Gasteiger partial charge in [0, 0.05) is 13.6 Å². The van der Waals surface area contributed by atoms with E-state index in [1.807, 2.05) is 26.1 Å². The number of ether oxygens (including phenoxy) is 1. The maximum Gasteiger partial charge on any atom is 0.255 e. The second-order valence-corrected chi connectivity index (χ2v) is 5.73. The van der Waals surface area contributed by atoms with Crippen molar-refractivity contribution in [1.29, 1.82) is 0 Å². The van der Waals surface area contributed by atoms with E-state index in [0.717, 1.165) is 5.56 Å². The molecule has 3 rings (SSSR count). The minimum atomic E-state index is -0.270. The Balaban J connectivity index is 1.81. The van der Waals surface area contributed by atoms with Crippen molar-refractivity contribution in [2.75, 3.05) is 19.7 Å². The monoisotopic (exact) mass is 320 g/mol. The highest BCUT2D eigenvalue weighted by molar-refractivity contribution is 6.34. The lowest BCUT2D eigenvalue weighted by Gasteiger charge is -2.32. The third kappa shape index (κ3) is 2.71. The number of carbonyl (C=O) groups excluding carboxylic acids is 1. The van der Waals surface area contributed by atoms with Crippen molar-refractivity contribution in [3.63, 3.8) is 0 Å². The predicted octanol–water partition coefficient (Wildman–Crippen LogP) is 1.99. The fourth-order valence-electron chi connectivity index (χ4n) is 2.56. The summed E-state index contributed by atoms with van der Waals surface area (Å²) in [6, 6.07) is 5.49. The second-order valence-electron chi connectivity index (χ2n) is 5.35. The van der Waals surface area contributed by atoms with Gasteiger partial charge < -0.3 is 14.2 Å². The SMILES string of the molecule is Cc1cccc(C(=O)N2CCO[C@@H](c3nncn3C)C2)c1Cl. The molecule has 1 aromatic heterocycles. The van der Waals surface area contributed by atoms with Gasteiger partial charge in [-0.25, -0.2) is 0 Å². The summed E-state index contributed by atoms with van der Waals surface area (Å²) in [7, 11) is 1.86. The summed E-state index contributed by atoms with van der Waals surface area (Å²) in [5, 5.41) is 8.43. The Bertz CT molecular complexity index is 701. The molecular formula is C15H17ClN4O2. The molecule has 1 aliphatic heterocycles. The third-order valence-corrected chi connectivity index (χ3v) is 4.31. The Morgan fingerprint density at radius 1 is 1.45 bits per heavy atom. The number of morpholine rings is 1. The predicted molar refractivity (Wildman–Crippen MR) is 81.8 cm³/mol. The zero-order valence-corrected chi connectivity index (χ0v) is 13.2. The lowest BCUT2D eigenvalue weighted by atomic mass is 10.1. The first-order valence-electron chi connectivity index (χ1n) is 7.08. The number of amides is 1. The molecule has 7 heteroatoms. The van der Waals surface area contributed by atoms with Gasteiger partial charge in [0.05, 0.1) is 23.7 Å². The Labute approximate surface area is 133 Å². The standard InChI is InChI=1S/C15H17ClN4O2/c1-10-4-3-5-11(13(10)16)15(21)20-6-7-22-12(8-20)14-18-17-9-19(14)2/h3-5,9,12H,6-8H2,1-2H3/t12-/m1/s1. The fourth-order valence-corrected chi connectivity index (χ4v) is 2.76. The molecule has 1 aliphatic rings. The zero-order chi connectivity index (χ0) is 15.7. The molecule has 22 heavy (non-hydrogen) atoms. The van der Waals surface area contributed by atoms with Crippen LogP contribution in [0.4, 0.5) is 0 Å². The van der Waals surface area contributed by atoms with Crippen molar-refractivity contribution in [2.24, 2.45) is 7.05 Å². The minimum Gasteiger partial charge on any atom is -0.366 e. The van der Waals surface area contributed by atoms with E-state index in [4.69, 9.17) is 16.3 Å². The normalized spacial score (nSPS) is 18.5. The van der Waals surface area contributed by atoms with Crippen LogP contribution in [-0.4, -0.2) is 45.3 Å². The average Bonchev–Trinajstić information content (AvgIpc) is 2.96. The first-order chi connectivity index (χ1) is 10.6. The molecule has 2 heterocycles. The third-order valence-electron chi connectivity index (χ3n) is 3.81. The topological polar surface area (TPSA) is 60.3 Å². The molecule has 1 aromatic carbocycles. The molecule has 0 radical (unpaired) electrons. The highest BCUT2D eigenvalue weighted by Crippen LogP contribution is 2.25. The molecule has 1 fully saturated rings. The van der Waals surface area contributed by atoms with Crippen LogP contribution in [0.5, 0.6) is 0 Å². The molecule has 1 atom stereocenters. The smallest absolute Gasteiger partial charge is 0.255 e. The van der Waals surface area contributed by atoms with Crippen LogP contribution in [0.2, 0.25) is 5.02 Å². The van der Waals surface area contributed by atoms with Gasteiger partial charge in [-0.1, -0.05) is 23.7 Å². The molecule has 1 saturated heterocycles. The molecular weight excluding hydrogens is 304 g/mol. The number of hydrogen-bond acceptors (Lipinski definition) is 4. The van der Waals surface area contributed by atoms with Gasteiger partial charge in [0.2, 0.25) is 0 Å². The number of halogens is 1. The van der Waals surface area contributed by atoms with Crippen molar-refractivity contribution in [3.8, 4) is 0 Å². The van der Waals surface area contributed by atoms with Crippen LogP contribution in [0.3, 0.4) is 0 Å². The van der Waals surface area contributed by atoms with E-state index in [9.17, 15) is 4.79 Å². The Morgan fingerprint density at radius 3 is 3.00 bits per heavy atom. The number of rotatable bonds is 2. The molecule has 0 aliphatic carbocycles. The number of benzene rings is 1. The summed E-state index contributed by atoms with van der Waals surface area (Å²) in [4.78, 5) is 14.5. The van der Waals surface area contributed by atoms with Gasteiger partial charge in [-0.2, -0.15) is 0 Å². The summed E-state index contributed by atoms with van der Waals surface area (Å²) in [6.45, 7) is 3.33. The van der Waals surface area contributed by atoms with Crippen molar-refractivity contribution >= 4 is 17.5 Å². The van der Waals surface area contributed by atoms with E-state index < -0.39 is 0 Å². The number of aromatic nitrogens is 3. The number of nitrogens with zero attached hydrogens (tertiary/aromatic N) is 4. The van der Waals surface area contributed by atoms with Crippen molar-refractivity contribution in [1.82, 2.24) is 19.7 Å². The molecule has 0 saturated carbocycles. The molecule has 1 amide bonds. The van der Waals surface area contributed by atoms with Gasteiger partial charge in [-0.15, -0.1) is 10.2 Å². The maximum absolute atomic E-state index is 12.7. The van der Waals surface area contributed by atoms with E-state index in [0.29, 0.717) is 36.1 Å². The largest absolute Gasteiger partial charge is 0.366 e. The van der Waals surface area contributed by atoms with Gasteiger partial charge in [0.1, 0.15) is 12.4 Å². The molecule has 2 aromatic rings. The molecule has 0 N–H and O–H groups in total. The summed E-state index contributed by atoms with van der Waals surface area (Å²) in [5.41, 5.74) is 1.42. The van der Waals surface area contributed by atoms with E-state index >= 15 is 0 Å². The number of hydrogen-bond donors (Lipinski definition) is 0. The van der Waals surface area contributed by atoms with Crippen LogP contribution >= 0.6 is 11.6 Å². The lowest BCUT2D eigenvalue weighted by Crippen LogP contribution is -2.43. The molecule has 0 unspecified atom stereocenters. The van der Waals surface area contributed by atoms with E-state index in [2.05, 4.69) is 10.2 Å². The maximum atomic E-state index is 12.7. The molecule has 116 valence electrons. The molecule has 0 bridgehead atoms. The summed E-state index contributed by atoms with van der Waals surface area (Å²) < 4.78 is 7.53. The van der Waals surface area contributed by atoms with E-state index in [-0.39, 0.29) is 12.0 Å². The quantitative estimate of drug-likeness (QED) is 0.849. The van der Waals surface area contributed by atoms with Crippen LogP contribution in [0.15, 0.2) is 24.5 Å². The van der Waals surface area contributed by atoms with Crippen molar-refractivity contribution in [2.45, 2.75) is 13.0 Å². The summed E-state index contributed by atoms with van der Waals surface area (Å²) in [6.07, 6.45) is 1.35. The Morgan fingerprint density at radius 2 is 2.27 bits per heavy atom. The highest BCUT2D eigenvalue weighted by Gasteiger charge is 2.29. The van der Waals surface area contributed by atoms with Crippen LogP contribution in [-0.2, 0) is 11.8 Å². The highest BCUT2D eigenvalue weighted by atomic mass is 35.5. The second kappa shape index (κ2) is 6.06.